The second kappa shape index (κ2) is 4.96. The largest absolute Gasteiger partial charge is 0.368 e. The molecule has 0 bridgehead atoms. The van der Waals surface area contributed by atoms with Crippen molar-refractivity contribution in [1.29, 1.82) is 0 Å². The second-order valence-corrected chi connectivity index (χ2v) is 5.43. The molecule has 2 aliphatic rings. The van der Waals surface area contributed by atoms with Crippen LogP contribution in [-0.2, 0) is 9.53 Å². The first kappa shape index (κ1) is 12.7. The van der Waals surface area contributed by atoms with E-state index in [0.29, 0.717) is 6.61 Å². The maximum absolute atomic E-state index is 12.5. The van der Waals surface area contributed by atoms with E-state index in [1.165, 1.54) is 0 Å². The summed E-state index contributed by atoms with van der Waals surface area (Å²) < 4.78 is 10.8. The van der Waals surface area contributed by atoms with Gasteiger partial charge in [-0.2, -0.15) is 0 Å². The predicted octanol–water partition coefficient (Wildman–Crippen LogP) is 2.13. The van der Waals surface area contributed by atoms with Crippen molar-refractivity contribution in [2.45, 2.75) is 51.7 Å². The number of aryl methyl sites for hydroxylation is 2. The highest BCUT2D eigenvalue weighted by atomic mass is 16.5. The summed E-state index contributed by atoms with van der Waals surface area (Å²) in [6, 6.07) is 0.114. The standard InChI is InChI=1S/C14H20N2O3/c1-9-13(10(2)19-15-9)11-5-3-7-16(11)14(17)12-6-4-8-18-12/h11-12H,3-8H2,1-2H3/t11-,12+/m0/s1. The summed E-state index contributed by atoms with van der Waals surface area (Å²) in [5.74, 6) is 0.967. The molecule has 19 heavy (non-hydrogen) atoms. The number of rotatable bonds is 2. The zero-order valence-corrected chi connectivity index (χ0v) is 11.5. The minimum Gasteiger partial charge on any atom is -0.368 e. The van der Waals surface area contributed by atoms with Crippen molar-refractivity contribution in [2.24, 2.45) is 0 Å². The minimum atomic E-state index is -0.235. The number of carbonyl (C=O) groups excluding carboxylic acids is 1. The lowest BCUT2D eigenvalue weighted by Gasteiger charge is -2.27. The van der Waals surface area contributed by atoms with E-state index < -0.39 is 0 Å². The van der Waals surface area contributed by atoms with Crippen molar-refractivity contribution in [3.05, 3.63) is 17.0 Å². The van der Waals surface area contributed by atoms with Crippen LogP contribution in [-0.4, -0.2) is 35.2 Å². The molecule has 5 nitrogen and oxygen atoms in total. The lowest BCUT2D eigenvalue weighted by molar-refractivity contribution is -0.141. The van der Waals surface area contributed by atoms with Gasteiger partial charge < -0.3 is 14.2 Å². The Morgan fingerprint density at radius 1 is 1.32 bits per heavy atom. The molecule has 0 N–H and O–H groups in total. The molecule has 2 aliphatic heterocycles. The van der Waals surface area contributed by atoms with Crippen LogP contribution in [0.1, 0.15) is 48.7 Å². The first-order valence-corrected chi connectivity index (χ1v) is 7.03. The van der Waals surface area contributed by atoms with E-state index in [2.05, 4.69) is 5.16 Å². The van der Waals surface area contributed by atoms with Crippen molar-refractivity contribution < 1.29 is 14.1 Å². The molecule has 1 amide bonds. The first-order chi connectivity index (χ1) is 9.18. The third-order valence-electron chi connectivity index (χ3n) is 4.16. The minimum absolute atomic E-state index is 0.114. The molecule has 0 aromatic carbocycles. The Morgan fingerprint density at radius 2 is 2.16 bits per heavy atom. The molecule has 0 saturated carbocycles. The van der Waals surface area contributed by atoms with Crippen LogP contribution in [0.15, 0.2) is 4.52 Å². The number of ether oxygens (including phenoxy) is 1. The Bertz CT molecular complexity index is 458. The van der Waals surface area contributed by atoms with Gasteiger partial charge in [0.2, 0.25) is 0 Å². The number of aromatic nitrogens is 1. The molecular formula is C14H20N2O3. The fourth-order valence-electron chi connectivity index (χ4n) is 3.25. The van der Waals surface area contributed by atoms with Gasteiger partial charge in [0.1, 0.15) is 11.9 Å². The van der Waals surface area contributed by atoms with Gasteiger partial charge in [-0.3, -0.25) is 4.79 Å². The quantitative estimate of drug-likeness (QED) is 0.821. The maximum atomic E-state index is 12.5. The van der Waals surface area contributed by atoms with Gasteiger partial charge in [0.25, 0.3) is 5.91 Å². The average molecular weight is 264 g/mol. The van der Waals surface area contributed by atoms with E-state index >= 15 is 0 Å². The van der Waals surface area contributed by atoms with Crippen molar-refractivity contribution in [3.63, 3.8) is 0 Å². The van der Waals surface area contributed by atoms with E-state index in [1.54, 1.807) is 0 Å². The van der Waals surface area contributed by atoms with Gasteiger partial charge in [0, 0.05) is 18.7 Å². The molecular weight excluding hydrogens is 244 g/mol. The normalized spacial score (nSPS) is 27.2. The molecule has 104 valence electrons. The van der Waals surface area contributed by atoms with Gasteiger partial charge in [0.15, 0.2) is 0 Å². The fraction of sp³-hybridized carbons (Fsp3) is 0.714. The van der Waals surface area contributed by atoms with Crippen LogP contribution in [0.2, 0.25) is 0 Å². The molecule has 0 unspecified atom stereocenters. The van der Waals surface area contributed by atoms with Crippen molar-refractivity contribution in [3.8, 4) is 0 Å². The van der Waals surface area contributed by atoms with Crippen LogP contribution in [0.3, 0.4) is 0 Å². The Hall–Kier alpha value is -1.36. The lowest BCUT2D eigenvalue weighted by Crippen LogP contribution is -2.38. The SMILES string of the molecule is Cc1noc(C)c1[C@@H]1CCCN1C(=O)[C@H]1CCCO1. The Balaban J connectivity index is 1.83. The number of hydrogen-bond acceptors (Lipinski definition) is 4. The Kier molecular flexibility index (Phi) is 3.31. The number of carbonyl (C=O) groups is 1. The van der Waals surface area contributed by atoms with Crippen LogP contribution in [0.4, 0.5) is 0 Å². The topological polar surface area (TPSA) is 55.6 Å². The molecule has 3 heterocycles. The summed E-state index contributed by atoms with van der Waals surface area (Å²) in [4.78, 5) is 14.5. The fourth-order valence-corrected chi connectivity index (χ4v) is 3.25. The highest BCUT2D eigenvalue weighted by Gasteiger charge is 2.37. The van der Waals surface area contributed by atoms with Crippen molar-refractivity contribution >= 4 is 5.91 Å². The third kappa shape index (κ3) is 2.16. The number of likely N-dealkylation sites (tertiary alicyclic amines) is 1. The van der Waals surface area contributed by atoms with Gasteiger partial charge in [-0.15, -0.1) is 0 Å². The van der Waals surface area contributed by atoms with Gasteiger partial charge in [-0.05, 0) is 39.5 Å². The van der Waals surface area contributed by atoms with Gasteiger partial charge in [-0.25, -0.2) is 0 Å². The van der Waals surface area contributed by atoms with Crippen molar-refractivity contribution in [1.82, 2.24) is 10.1 Å². The highest BCUT2D eigenvalue weighted by molar-refractivity contribution is 5.82. The van der Waals surface area contributed by atoms with Gasteiger partial charge in [-0.1, -0.05) is 5.16 Å². The Labute approximate surface area is 112 Å². The van der Waals surface area contributed by atoms with E-state index in [-0.39, 0.29) is 18.1 Å². The Morgan fingerprint density at radius 3 is 2.79 bits per heavy atom. The smallest absolute Gasteiger partial charge is 0.252 e. The average Bonchev–Trinajstić information content (AvgIpc) is 3.10. The summed E-state index contributed by atoms with van der Waals surface area (Å²) in [6.45, 7) is 5.38. The van der Waals surface area contributed by atoms with E-state index in [4.69, 9.17) is 9.26 Å². The molecule has 5 heteroatoms. The molecule has 0 spiro atoms. The van der Waals surface area contributed by atoms with Crippen LogP contribution in [0.5, 0.6) is 0 Å². The predicted molar refractivity (Wildman–Crippen MR) is 68.6 cm³/mol. The zero-order valence-electron chi connectivity index (χ0n) is 11.5. The van der Waals surface area contributed by atoms with Crippen LogP contribution >= 0.6 is 0 Å². The molecule has 2 atom stereocenters. The molecule has 2 fully saturated rings. The molecule has 3 rings (SSSR count). The zero-order chi connectivity index (χ0) is 13.4. The lowest BCUT2D eigenvalue weighted by atomic mass is 10.0. The molecule has 2 saturated heterocycles. The summed E-state index contributed by atoms with van der Waals surface area (Å²) >= 11 is 0. The monoisotopic (exact) mass is 264 g/mol. The molecule has 0 aliphatic carbocycles. The number of hydrogen-bond donors (Lipinski definition) is 0. The summed E-state index contributed by atoms with van der Waals surface area (Å²) in [5.41, 5.74) is 1.98. The summed E-state index contributed by atoms with van der Waals surface area (Å²) in [5, 5.41) is 4.01. The van der Waals surface area contributed by atoms with Crippen LogP contribution in [0.25, 0.3) is 0 Å². The van der Waals surface area contributed by atoms with Gasteiger partial charge >= 0.3 is 0 Å². The van der Waals surface area contributed by atoms with Crippen molar-refractivity contribution in [2.75, 3.05) is 13.2 Å². The number of nitrogens with zero attached hydrogens (tertiary/aromatic N) is 2. The highest BCUT2D eigenvalue weighted by Crippen LogP contribution is 2.36. The van der Waals surface area contributed by atoms with E-state index in [1.807, 2.05) is 18.7 Å². The molecule has 1 aromatic heterocycles. The molecule has 0 radical (unpaired) electrons. The van der Waals surface area contributed by atoms with Crippen LogP contribution in [0, 0.1) is 13.8 Å². The van der Waals surface area contributed by atoms with E-state index in [9.17, 15) is 4.79 Å². The third-order valence-corrected chi connectivity index (χ3v) is 4.16. The molecule has 1 aromatic rings. The number of amides is 1. The first-order valence-electron chi connectivity index (χ1n) is 7.03. The van der Waals surface area contributed by atoms with Gasteiger partial charge in [0.05, 0.1) is 11.7 Å². The maximum Gasteiger partial charge on any atom is 0.252 e. The van der Waals surface area contributed by atoms with E-state index in [0.717, 1.165) is 49.2 Å². The van der Waals surface area contributed by atoms with Crippen LogP contribution < -0.4 is 0 Å². The summed E-state index contributed by atoms with van der Waals surface area (Å²) in [6.07, 6.45) is 3.62. The summed E-state index contributed by atoms with van der Waals surface area (Å²) in [7, 11) is 0. The second-order valence-electron chi connectivity index (χ2n) is 5.43.